The number of unbranched alkanes of at least 4 members (excludes halogenated alkanes) is 2. The highest BCUT2D eigenvalue weighted by Crippen LogP contribution is 2.29. The molecule has 0 bridgehead atoms. The summed E-state index contributed by atoms with van der Waals surface area (Å²) < 4.78 is 9.43. The second-order valence-corrected chi connectivity index (χ2v) is 7.41. The summed E-state index contributed by atoms with van der Waals surface area (Å²) in [4.78, 5) is 17.9. The monoisotopic (exact) mass is 367 g/mol. The number of aryl methyl sites for hydroxylation is 5. The van der Waals surface area contributed by atoms with Gasteiger partial charge in [-0.15, -0.1) is 0 Å². The van der Waals surface area contributed by atoms with Crippen molar-refractivity contribution in [3.63, 3.8) is 0 Å². The minimum absolute atomic E-state index is 0.100. The Kier molecular flexibility index (Phi) is 5.40. The molecule has 144 valence electrons. The maximum absolute atomic E-state index is 13.1. The molecule has 0 radical (unpaired) electrons. The third kappa shape index (κ3) is 3.51. The number of rotatable bonds is 6. The molecule has 0 saturated heterocycles. The molecule has 27 heavy (non-hydrogen) atoms. The zero-order valence-electron chi connectivity index (χ0n) is 17.2. The minimum atomic E-state index is -0.100. The maximum atomic E-state index is 13.1. The molecule has 0 aliphatic carbocycles. The van der Waals surface area contributed by atoms with E-state index in [9.17, 15) is 4.79 Å². The third-order valence-corrected chi connectivity index (χ3v) is 4.96. The van der Waals surface area contributed by atoms with Crippen LogP contribution in [0.3, 0.4) is 0 Å². The Labute approximate surface area is 160 Å². The SMILES string of the molecule is CCCCCOc1cc(C)nc2c1n(C)c(=O)n2-c1c(C)cc(C)cc1C. The van der Waals surface area contributed by atoms with E-state index < -0.39 is 0 Å². The number of hydrogen-bond donors (Lipinski definition) is 0. The standard InChI is InChI=1S/C22H29N3O2/c1-7-8-9-10-27-18-13-17(5)23-21-20(18)24(6)22(26)25(21)19-15(3)11-14(2)12-16(19)4/h11-13H,7-10H2,1-6H3. The van der Waals surface area contributed by atoms with Gasteiger partial charge in [0, 0.05) is 18.8 Å². The van der Waals surface area contributed by atoms with Crippen LogP contribution in [0.5, 0.6) is 5.75 Å². The summed E-state index contributed by atoms with van der Waals surface area (Å²) in [5, 5.41) is 0. The maximum Gasteiger partial charge on any atom is 0.334 e. The van der Waals surface area contributed by atoms with Crippen LogP contribution in [0.25, 0.3) is 16.9 Å². The van der Waals surface area contributed by atoms with Gasteiger partial charge in [0.1, 0.15) is 11.3 Å². The number of benzene rings is 1. The van der Waals surface area contributed by atoms with Crippen LogP contribution in [-0.4, -0.2) is 20.7 Å². The molecule has 0 saturated carbocycles. The lowest BCUT2D eigenvalue weighted by Crippen LogP contribution is -2.22. The van der Waals surface area contributed by atoms with Crippen molar-refractivity contribution in [1.29, 1.82) is 0 Å². The van der Waals surface area contributed by atoms with E-state index in [4.69, 9.17) is 9.72 Å². The van der Waals surface area contributed by atoms with E-state index in [-0.39, 0.29) is 5.69 Å². The van der Waals surface area contributed by atoms with Gasteiger partial charge in [0.2, 0.25) is 0 Å². The summed E-state index contributed by atoms with van der Waals surface area (Å²) in [6.45, 7) is 10.9. The van der Waals surface area contributed by atoms with E-state index in [1.165, 1.54) is 5.56 Å². The van der Waals surface area contributed by atoms with Gasteiger partial charge in [-0.25, -0.2) is 14.3 Å². The predicted octanol–water partition coefficient (Wildman–Crippen LogP) is 4.53. The normalized spacial score (nSPS) is 11.3. The predicted molar refractivity (Wildman–Crippen MR) is 110 cm³/mol. The van der Waals surface area contributed by atoms with Gasteiger partial charge in [-0.1, -0.05) is 37.5 Å². The van der Waals surface area contributed by atoms with Gasteiger partial charge in [-0.3, -0.25) is 4.57 Å². The number of nitrogens with zero attached hydrogens (tertiary/aromatic N) is 3. The zero-order chi connectivity index (χ0) is 19.7. The molecule has 0 spiro atoms. The molecule has 2 aromatic heterocycles. The fourth-order valence-electron chi connectivity index (χ4n) is 3.80. The molecule has 0 atom stereocenters. The number of imidazole rings is 1. The lowest BCUT2D eigenvalue weighted by atomic mass is 10.1. The summed E-state index contributed by atoms with van der Waals surface area (Å²) in [6, 6.07) is 6.13. The molecule has 0 N–H and O–H groups in total. The number of hydrogen-bond acceptors (Lipinski definition) is 3. The molecule has 5 heteroatoms. The van der Waals surface area contributed by atoms with E-state index in [0.29, 0.717) is 12.3 Å². The summed E-state index contributed by atoms with van der Waals surface area (Å²) in [6.07, 6.45) is 3.29. The second-order valence-electron chi connectivity index (χ2n) is 7.41. The first kappa shape index (κ1) is 19.2. The first-order valence-corrected chi connectivity index (χ1v) is 9.65. The van der Waals surface area contributed by atoms with Gasteiger partial charge < -0.3 is 4.74 Å². The molecule has 3 rings (SSSR count). The first-order chi connectivity index (χ1) is 12.8. The quantitative estimate of drug-likeness (QED) is 0.602. The summed E-state index contributed by atoms with van der Waals surface area (Å²) in [7, 11) is 1.79. The molecular formula is C22H29N3O2. The fraction of sp³-hybridized carbons (Fsp3) is 0.455. The largest absolute Gasteiger partial charge is 0.491 e. The molecule has 0 fully saturated rings. The Hall–Kier alpha value is -2.56. The van der Waals surface area contributed by atoms with Crippen molar-refractivity contribution >= 4 is 11.2 Å². The molecule has 1 aromatic carbocycles. The number of ether oxygens (including phenoxy) is 1. The van der Waals surface area contributed by atoms with Gasteiger partial charge in [-0.05, 0) is 45.2 Å². The number of fused-ring (bicyclic) bond motifs is 1. The van der Waals surface area contributed by atoms with E-state index in [1.54, 1.807) is 16.2 Å². The zero-order valence-corrected chi connectivity index (χ0v) is 17.2. The molecule has 3 aromatic rings. The molecule has 2 heterocycles. The van der Waals surface area contributed by atoms with Crippen LogP contribution in [0.4, 0.5) is 0 Å². The first-order valence-electron chi connectivity index (χ1n) is 9.65. The molecule has 0 aliphatic heterocycles. The lowest BCUT2D eigenvalue weighted by molar-refractivity contribution is 0.308. The highest BCUT2D eigenvalue weighted by Gasteiger charge is 2.21. The summed E-state index contributed by atoms with van der Waals surface area (Å²) in [5.41, 5.74) is 6.37. The van der Waals surface area contributed by atoms with Gasteiger partial charge in [0.15, 0.2) is 5.65 Å². The number of aromatic nitrogens is 3. The van der Waals surface area contributed by atoms with Gasteiger partial charge in [0.25, 0.3) is 0 Å². The average Bonchev–Trinajstić information content (AvgIpc) is 2.83. The van der Waals surface area contributed by atoms with E-state index in [2.05, 4.69) is 26.0 Å². The Balaban J connectivity index is 2.23. The number of pyridine rings is 1. The van der Waals surface area contributed by atoms with Crippen molar-refractivity contribution in [2.24, 2.45) is 7.05 Å². The van der Waals surface area contributed by atoms with Crippen LogP contribution >= 0.6 is 0 Å². The van der Waals surface area contributed by atoms with Crippen LogP contribution < -0.4 is 10.4 Å². The van der Waals surface area contributed by atoms with Crippen molar-refractivity contribution in [3.05, 3.63) is 51.1 Å². The third-order valence-electron chi connectivity index (χ3n) is 4.96. The molecule has 0 unspecified atom stereocenters. The van der Waals surface area contributed by atoms with Gasteiger partial charge in [0.05, 0.1) is 12.3 Å². The van der Waals surface area contributed by atoms with Gasteiger partial charge in [-0.2, -0.15) is 0 Å². The fourth-order valence-corrected chi connectivity index (χ4v) is 3.80. The van der Waals surface area contributed by atoms with Crippen LogP contribution in [-0.2, 0) is 7.05 Å². The van der Waals surface area contributed by atoms with Crippen molar-refractivity contribution in [2.75, 3.05) is 6.61 Å². The Morgan fingerprint density at radius 3 is 2.33 bits per heavy atom. The molecule has 5 nitrogen and oxygen atoms in total. The van der Waals surface area contributed by atoms with Crippen molar-refractivity contribution in [1.82, 2.24) is 14.1 Å². The van der Waals surface area contributed by atoms with Crippen molar-refractivity contribution in [2.45, 2.75) is 53.9 Å². The summed E-state index contributed by atoms with van der Waals surface area (Å²) >= 11 is 0. The van der Waals surface area contributed by atoms with Crippen LogP contribution in [0, 0.1) is 27.7 Å². The average molecular weight is 367 g/mol. The Morgan fingerprint density at radius 1 is 1.04 bits per heavy atom. The van der Waals surface area contributed by atoms with Crippen molar-refractivity contribution in [3.8, 4) is 11.4 Å². The lowest BCUT2D eigenvalue weighted by Gasteiger charge is -2.13. The molecule has 0 aliphatic rings. The topological polar surface area (TPSA) is 49.1 Å². The van der Waals surface area contributed by atoms with E-state index >= 15 is 0 Å². The minimum Gasteiger partial charge on any atom is -0.491 e. The highest BCUT2D eigenvalue weighted by atomic mass is 16.5. The van der Waals surface area contributed by atoms with E-state index in [0.717, 1.165) is 53.0 Å². The Bertz CT molecular complexity index is 1020. The highest BCUT2D eigenvalue weighted by molar-refractivity contribution is 5.81. The van der Waals surface area contributed by atoms with E-state index in [1.807, 2.05) is 26.8 Å². The van der Waals surface area contributed by atoms with Crippen molar-refractivity contribution < 1.29 is 4.74 Å². The molecule has 0 amide bonds. The summed E-state index contributed by atoms with van der Waals surface area (Å²) in [5.74, 6) is 0.731. The Morgan fingerprint density at radius 2 is 1.70 bits per heavy atom. The smallest absolute Gasteiger partial charge is 0.334 e. The second kappa shape index (κ2) is 7.59. The van der Waals surface area contributed by atoms with Crippen LogP contribution in [0.2, 0.25) is 0 Å². The van der Waals surface area contributed by atoms with Crippen LogP contribution in [0.15, 0.2) is 23.0 Å². The molecular weight excluding hydrogens is 338 g/mol. The van der Waals surface area contributed by atoms with Crippen LogP contribution in [0.1, 0.15) is 48.6 Å². The van der Waals surface area contributed by atoms with Gasteiger partial charge >= 0.3 is 5.69 Å².